The van der Waals surface area contributed by atoms with Crippen molar-refractivity contribution in [2.45, 2.75) is 12.5 Å². The third-order valence-electron chi connectivity index (χ3n) is 3.47. The van der Waals surface area contributed by atoms with E-state index < -0.39 is 10.0 Å². The van der Waals surface area contributed by atoms with Crippen LogP contribution in [0.3, 0.4) is 0 Å². The van der Waals surface area contributed by atoms with Gasteiger partial charge in [-0.1, -0.05) is 0 Å². The molecule has 2 rings (SSSR count). The number of amides is 1. The molecule has 1 amide bonds. The maximum Gasteiger partial charge on any atom is 0.251 e. The van der Waals surface area contributed by atoms with Gasteiger partial charge in [0.2, 0.25) is 21.6 Å². The molecule has 0 N–H and O–H groups in total. The van der Waals surface area contributed by atoms with Crippen LogP contribution < -0.4 is 4.74 Å². The summed E-state index contributed by atoms with van der Waals surface area (Å²) in [5.74, 6) is -0.147. The van der Waals surface area contributed by atoms with Crippen LogP contribution in [-0.2, 0) is 14.8 Å². The minimum absolute atomic E-state index is 0.0917. The lowest BCUT2D eigenvalue weighted by Crippen LogP contribution is -2.40. The van der Waals surface area contributed by atoms with Crippen LogP contribution in [0.1, 0.15) is 12.1 Å². The van der Waals surface area contributed by atoms with Gasteiger partial charge in [0, 0.05) is 32.4 Å². The number of likely N-dealkylation sites (tertiary alicyclic amines) is 1. The zero-order valence-electron chi connectivity index (χ0n) is 12.8. The maximum absolute atomic E-state index is 12.1. The summed E-state index contributed by atoms with van der Waals surface area (Å²) in [4.78, 5) is 21.5. The molecule has 1 aliphatic rings. The van der Waals surface area contributed by atoms with Crippen molar-refractivity contribution < 1.29 is 17.9 Å². The number of rotatable bonds is 5. The molecule has 1 aliphatic heterocycles. The molecule has 0 radical (unpaired) electrons. The van der Waals surface area contributed by atoms with Gasteiger partial charge in [-0.3, -0.25) is 4.79 Å². The van der Waals surface area contributed by atoms with Crippen molar-refractivity contribution in [3.8, 4) is 11.9 Å². The fourth-order valence-corrected chi connectivity index (χ4v) is 2.45. The van der Waals surface area contributed by atoms with Gasteiger partial charge in [0.1, 0.15) is 12.2 Å². The van der Waals surface area contributed by atoms with E-state index in [1.165, 1.54) is 24.3 Å². The smallest absolute Gasteiger partial charge is 0.251 e. The van der Waals surface area contributed by atoms with Gasteiger partial charge >= 0.3 is 0 Å². The Morgan fingerprint density at radius 1 is 1.52 bits per heavy atom. The minimum Gasteiger partial charge on any atom is -0.470 e. The lowest BCUT2D eigenvalue weighted by atomic mass is 10.3. The highest BCUT2D eigenvalue weighted by atomic mass is 32.2. The first kappa shape index (κ1) is 17.1. The highest BCUT2D eigenvalue weighted by Gasteiger charge is 2.30. The third-order valence-corrected chi connectivity index (χ3v) is 4.73. The lowest BCUT2D eigenvalue weighted by molar-refractivity contribution is -0.130. The van der Waals surface area contributed by atoms with Gasteiger partial charge in [0.25, 0.3) is 5.88 Å². The quantitative estimate of drug-likeness (QED) is 0.690. The van der Waals surface area contributed by atoms with Crippen LogP contribution in [0.25, 0.3) is 0 Å². The Morgan fingerprint density at radius 3 is 2.87 bits per heavy atom. The maximum atomic E-state index is 12.1. The summed E-state index contributed by atoms with van der Waals surface area (Å²) < 4.78 is 29.3. The van der Waals surface area contributed by atoms with E-state index in [9.17, 15) is 13.2 Å². The molecule has 1 aromatic heterocycles. The first-order valence-corrected chi connectivity index (χ1v) is 8.73. The van der Waals surface area contributed by atoms with Gasteiger partial charge in [-0.05, 0) is 0 Å². The van der Waals surface area contributed by atoms with Crippen LogP contribution in [0, 0.1) is 11.3 Å². The summed E-state index contributed by atoms with van der Waals surface area (Å²) in [5.41, 5.74) is 0.0917. The molecule has 0 bridgehead atoms. The van der Waals surface area contributed by atoms with E-state index in [0.29, 0.717) is 19.5 Å². The van der Waals surface area contributed by atoms with E-state index in [4.69, 9.17) is 10.00 Å². The van der Waals surface area contributed by atoms with E-state index >= 15 is 0 Å². The van der Waals surface area contributed by atoms with Crippen LogP contribution in [-0.4, -0.2) is 72.5 Å². The monoisotopic (exact) mass is 339 g/mol. The van der Waals surface area contributed by atoms with Crippen LogP contribution in [0.5, 0.6) is 5.88 Å². The Bertz CT molecular complexity index is 730. The van der Waals surface area contributed by atoms with E-state index in [2.05, 4.69) is 9.97 Å². The molecular formula is C13H17N5O4S. The second-order valence-corrected chi connectivity index (χ2v) is 7.30. The molecular weight excluding hydrogens is 322 g/mol. The van der Waals surface area contributed by atoms with Crippen LogP contribution in [0.4, 0.5) is 0 Å². The Kier molecular flexibility index (Phi) is 5.12. The number of aromatic nitrogens is 2. The van der Waals surface area contributed by atoms with Crippen LogP contribution in [0.2, 0.25) is 0 Å². The van der Waals surface area contributed by atoms with Crippen LogP contribution in [0.15, 0.2) is 12.4 Å². The highest BCUT2D eigenvalue weighted by Crippen LogP contribution is 2.18. The first-order valence-electron chi connectivity index (χ1n) is 6.88. The molecule has 9 nitrogen and oxygen atoms in total. The Balaban J connectivity index is 1.94. The molecule has 1 atom stereocenters. The topological polar surface area (TPSA) is 116 Å². The molecule has 1 saturated heterocycles. The SMILES string of the molecule is CN(CC(=O)N1CC[C@@H](Oc2nccnc2C#N)C1)S(C)(=O)=O. The summed E-state index contributed by atoms with van der Waals surface area (Å²) in [6.45, 7) is 0.571. The van der Waals surface area contributed by atoms with Crippen molar-refractivity contribution in [2.75, 3.05) is 32.9 Å². The Hall–Kier alpha value is -2.25. The molecule has 10 heteroatoms. The van der Waals surface area contributed by atoms with Gasteiger partial charge in [0.05, 0.1) is 19.3 Å². The summed E-state index contributed by atoms with van der Waals surface area (Å²) in [6.07, 6.45) is 4.15. The van der Waals surface area contributed by atoms with Crippen molar-refractivity contribution in [3.63, 3.8) is 0 Å². The number of likely N-dealkylation sites (N-methyl/N-ethyl adjacent to an activating group) is 1. The number of hydrogen-bond acceptors (Lipinski definition) is 7. The van der Waals surface area contributed by atoms with Crippen molar-refractivity contribution in [2.24, 2.45) is 0 Å². The number of carbonyl (C=O) groups excluding carboxylic acids is 1. The molecule has 1 fully saturated rings. The van der Waals surface area contributed by atoms with E-state index in [-0.39, 0.29) is 30.1 Å². The second-order valence-electron chi connectivity index (χ2n) is 5.21. The molecule has 23 heavy (non-hydrogen) atoms. The molecule has 1 aromatic rings. The van der Waals surface area contributed by atoms with Crippen molar-refractivity contribution in [1.29, 1.82) is 5.26 Å². The summed E-state index contributed by atoms with van der Waals surface area (Å²) in [5, 5.41) is 8.95. The van der Waals surface area contributed by atoms with Crippen molar-refractivity contribution in [3.05, 3.63) is 18.1 Å². The molecule has 0 saturated carbocycles. The second kappa shape index (κ2) is 6.89. The number of ether oxygens (including phenoxy) is 1. The molecule has 0 aliphatic carbocycles. The molecule has 2 heterocycles. The molecule has 0 spiro atoms. The molecule has 0 aromatic carbocycles. The van der Waals surface area contributed by atoms with Crippen molar-refractivity contribution in [1.82, 2.24) is 19.2 Å². The molecule has 0 unspecified atom stereocenters. The highest BCUT2D eigenvalue weighted by molar-refractivity contribution is 7.88. The van der Waals surface area contributed by atoms with Gasteiger partial charge in [0.15, 0.2) is 0 Å². The Labute approximate surface area is 134 Å². The van der Waals surface area contributed by atoms with Gasteiger partial charge in [-0.25, -0.2) is 18.4 Å². The lowest BCUT2D eigenvalue weighted by Gasteiger charge is -2.20. The predicted molar refractivity (Wildman–Crippen MR) is 79.8 cm³/mol. The van der Waals surface area contributed by atoms with Gasteiger partial charge in [-0.2, -0.15) is 9.57 Å². The Morgan fingerprint density at radius 2 is 2.22 bits per heavy atom. The van der Waals surface area contributed by atoms with Crippen LogP contribution >= 0.6 is 0 Å². The molecule has 124 valence electrons. The first-order chi connectivity index (χ1) is 10.8. The van der Waals surface area contributed by atoms with E-state index in [1.807, 2.05) is 6.07 Å². The minimum atomic E-state index is -3.40. The predicted octanol–water partition coefficient (Wildman–Crippen LogP) is -0.781. The zero-order valence-corrected chi connectivity index (χ0v) is 13.7. The zero-order chi connectivity index (χ0) is 17.0. The fraction of sp³-hybridized carbons (Fsp3) is 0.538. The number of nitriles is 1. The van der Waals surface area contributed by atoms with E-state index in [0.717, 1.165) is 10.6 Å². The fourth-order valence-electron chi connectivity index (χ4n) is 2.10. The largest absolute Gasteiger partial charge is 0.470 e. The summed E-state index contributed by atoms with van der Waals surface area (Å²) in [6, 6.07) is 1.89. The standard InChI is InChI=1S/C13H17N5O4S/c1-17(23(2,20)21)9-12(19)18-6-3-10(8-18)22-13-11(7-14)15-4-5-16-13/h4-5,10H,3,6,8-9H2,1-2H3/t10-/m1/s1. The summed E-state index contributed by atoms with van der Waals surface area (Å²) in [7, 11) is -2.04. The number of nitrogens with zero attached hydrogens (tertiary/aromatic N) is 5. The number of carbonyl (C=O) groups is 1. The number of sulfonamides is 1. The van der Waals surface area contributed by atoms with Gasteiger partial charge in [-0.15, -0.1) is 0 Å². The average Bonchev–Trinajstić information content (AvgIpc) is 2.95. The number of hydrogen-bond donors (Lipinski definition) is 0. The van der Waals surface area contributed by atoms with Crippen molar-refractivity contribution >= 4 is 15.9 Å². The van der Waals surface area contributed by atoms with Gasteiger partial charge < -0.3 is 9.64 Å². The summed E-state index contributed by atoms with van der Waals surface area (Å²) >= 11 is 0. The normalized spacial score (nSPS) is 18.0. The third kappa shape index (κ3) is 4.37. The van der Waals surface area contributed by atoms with E-state index in [1.54, 1.807) is 0 Å². The average molecular weight is 339 g/mol.